The van der Waals surface area contributed by atoms with Gasteiger partial charge in [0.05, 0.1) is 28.4 Å². The summed E-state index contributed by atoms with van der Waals surface area (Å²) in [5.74, 6) is 3.48. The summed E-state index contributed by atoms with van der Waals surface area (Å²) in [6, 6.07) is 44.7. The molecule has 74 heavy (non-hydrogen) atoms. The Bertz CT molecular complexity index is 3130. The van der Waals surface area contributed by atoms with Crippen molar-refractivity contribution in [2.24, 2.45) is 0 Å². The van der Waals surface area contributed by atoms with Gasteiger partial charge < -0.3 is 18.9 Å². The minimum atomic E-state index is 0.869. The topological polar surface area (TPSA) is 36.9 Å². The van der Waals surface area contributed by atoms with Crippen LogP contribution in [-0.2, 0) is 0 Å². The van der Waals surface area contributed by atoms with Gasteiger partial charge in [0.25, 0.3) is 0 Å². The van der Waals surface area contributed by atoms with Gasteiger partial charge in [-0.1, -0.05) is 94.0 Å². The third-order valence-corrected chi connectivity index (χ3v) is 14.7. The Hall–Kier alpha value is -7.56. The van der Waals surface area contributed by atoms with Crippen LogP contribution in [0.3, 0.4) is 0 Å². The number of methoxy groups -OCH3 is 4. The van der Waals surface area contributed by atoms with Crippen molar-refractivity contribution in [1.82, 2.24) is 0 Å². The van der Waals surface area contributed by atoms with Gasteiger partial charge in [0.1, 0.15) is 23.0 Å². The van der Waals surface area contributed by atoms with E-state index in [2.05, 4.69) is 218 Å². The van der Waals surface area contributed by atoms with Crippen LogP contribution < -0.4 is 18.9 Å². The fourth-order valence-corrected chi connectivity index (χ4v) is 12.1. The second kappa shape index (κ2) is 21.5. The van der Waals surface area contributed by atoms with Crippen LogP contribution >= 0.6 is 0 Å². The number of rotatable bonds is 8. The largest absolute Gasteiger partial charge is 0.497 e. The van der Waals surface area contributed by atoms with Crippen molar-refractivity contribution < 1.29 is 18.9 Å². The highest BCUT2D eigenvalue weighted by Crippen LogP contribution is 2.52. The fourth-order valence-electron chi connectivity index (χ4n) is 12.1. The summed E-state index contributed by atoms with van der Waals surface area (Å²) in [5, 5.41) is 7.47. The molecule has 4 nitrogen and oxygen atoms in total. The molecule has 0 aliphatic rings. The molecule has 0 heterocycles. The highest BCUT2D eigenvalue weighted by atomic mass is 16.5. The second-order valence-electron chi connectivity index (χ2n) is 20.9. The molecule has 0 aliphatic heterocycles. The van der Waals surface area contributed by atoms with Gasteiger partial charge in [-0.15, -0.1) is 0 Å². The first-order valence-corrected chi connectivity index (χ1v) is 25.8. The average molecular weight is 979 g/mol. The Morgan fingerprint density at radius 3 is 0.527 bits per heavy atom. The minimum absolute atomic E-state index is 0.869. The first-order chi connectivity index (χ1) is 35.2. The predicted molar refractivity (Wildman–Crippen MR) is 317 cm³/mol. The van der Waals surface area contributed by atoms with Crippen molar-refractivity contribution >= 4 is 32.3 Å². The molecule has 0 saturated heterocycles. The Kier molecular flexibility index (Phi) is 15.3. The summed E-state index contributed by atoms with van der Waals surface area (Å²) < 4.78 is 23.0. The van der Waals surface area contributed by atoms with Gasteiger partial charge in [-0.05, 0) is 279 Å². The van der Waals surface area contributed by atoms with Crippen LogP contribution in [0.5, 0.6) is 23.0 Å². The molecule has 0 fully saturated rings. The third-order valence-electron chi connectivity index (χ3n) is 14.7. The lowest BCUT2D eigenvalue weighted by Crippen LogP contribution is -2.00. The first-order valence-electron chi connectivity index (χ1n) is 25.8. The zero-order valence-electron chi connectivity index (χ0n) is 47.2. The van der Waals surface area contributed by atoms with E-state index in [1.807, 2.05) is 0 Å². The minimum Gasteiger partial charge on any atom is -0.497 e. The molecule has 0 spiro atoms. The van der Waals surface area contributed by atoms with Gasteiger partial charge >= 0.3 is 0 Å². The van der Waals surface area contributed by atoms with Crippen LogP contribution in [0, 0.1) is 96.9 Å². The van der Waals surface area contributed by atoms with Gasteiger partial charge in [0.15, 0.2) is 0 Å². The summed E-state index contributed by atoms with van der Waals surface area (Å²) in [7, 11) is 6.96. The van der Waals surface area contributed by atoms with Gasteiger partial charge in [-0.3, -0.25) is 0 Å². The molecule has 0 aliphatic carbocycles. The normalized spacial score (nSPS) is 11.1. The summed E-state index contributed by atoms with van der Waals surface area (Å²) in [4.78, 5) is 0. The SMILES string of the molecule is COc1cc(C)c(-c2cc(-c3c(C)cc(OC)cc3C)c3ccc4c(-c5c(C)cc(OC)cc5C)cc(-c5c(C)cc(OC)cc5C)c5ccc2c3c54)c(C)c1.Cc1cc(C)cc(C)c1.Cc1cc(C)cc(C)c1. The number of hydrogen-bond acceptors (Lipinski definition) is 4. The van der Waals surface area contributed by atoms with E-state index in [4.69, 9.17) is 18.9 Å². The van der Waals surface area contributed by atoms with Crippen LogP contribution in [0.2, 0.25) is 0 Å². The van der Waals surface area contributed by atoms with Crippen molar-refractivity contribution in [3.63, 3.8) is 0 Å². The highest BCUT2D eigenvalue weighted by Gasteiger charge is 2.25. The van der Waals surface area contributed by atoms with Crippen molar-refractivity contribution in [3.05, 3.63) is 199 Å². The van der Waals surface area contributed by atoms with Crippen molar-refractivity contribution in [3.8, 4) is 67.5 Å². The molecule has 10 aromatic rings. The predicted octanol–water partition coefficient (Wildman–Crippen LogP) is 19.0. The van der Waals surface area contributed by atoms with E-state index in [0.29, 0.717) is 0 Å². The van der Waals surface area contributed by atoms with Crippen molar-refractivity contribution in [2.45, 2.75) is 96.9 Å². The lowest BCUT2D eigenvalue weighted by Gasteiger charge is -2.25. The molecule has 0 N–H and O–H groups in total. The van der Waals surface area contributed by atoms with E-state index in [1.54, 1.807) is 28.4 Å². The van der Waals surface area contributed by atoms with Crippen LogP contribution in [0.4, 0.5) is 0 Å². The zero-order valence-corrected chi connectivity index (χ0v) is 47.2. The zero-order chi connectivity index (χ0) is 53.4. The maximum absolute atomic E-state index is 5.74. The van der Waals surface area contributed by atoms with E-state index >= 15 is 0 Å². The Morgan fingerprint density at radius 2 is 0.378 bits per heavy atom. The van der Waals surface area contributed by atoms with Crippen LogP contribution in [0.1, 0.15) is 77.9 Å². The van der Waals surface area contributed by atoms with Crippen LogP contribution in [-0.4, -0.2) is 28.4 Å². The molecule has 4 heteroatoms. The third kappa shape index (κ3) is 10.3. The number of ether oxygens (including phenoxy) is 4. The standard InChI is InChI=1S/C52H50O4.2C9H12/c1-27-17-35(53-9)18-28(2)47(27)43-25-44(48-29(3)19-36(54-10)20-30(48)4)40-15-16-42-46(50-33(7)23-38(56-12)24-34(50)8)26-45(41-14-13-39(43)51(40)52(41)42)49-31(5)21-37(55-11)22-32(49)6;2*1-7-4-8(2)6-9(3)5-7/h13-26H,1-12H3;2*4-6H,1-3H3. The van der Waals surface area contributed by atoms with E-state index in [9.17, 15) is 0 Å². The molecule has 378 valence electrons. The molecular formula is C70H74O4. The Balaban J connectivity index is 0.000000340. The number of benzene rings is 10. The highest BCUT2D eigenvalue weighted by molar-refractivity contribution is 6.32. The molecule has 0 amide bonds. The molecule has 10 rings (SSSR count). The second-order valence-corrected chi connectivity index (χ2v) is 20.9. The van der Waals surface area contributed by atoms with E-state index in [0.717, 1.165) is 23.0 Å². The van der Waals surface area contributed by atoms with E-state index in [-0.39, 0.29) is 0 Å². The van der Waals surface area contributed by atoms with Crippen molar-refractivity contribution in [2.75, 3.05) is 28.4 Å². The summed E-state index contributed by atoms with van der Waals surface area (Å²) in [6.45, 7) is 30.4. The quantitative estimate of drug-likeness (QED) is 0.142. The first kappa shape index (κ1) is 52.8. The van der Waals surface area contributed by atoms with Gasteiger partial charge in [-0.25, -0.2) is 0 Å². The number of aryl methyl sites for hydroxylation is 14. The molecule has 0 bridgehead atoms. The summed E-state index contributed by atoms with van der Waals surface area (Å²) >= 11 is 0. The molecule has 0 saturated carbocycles. The Labute approximate surface area is 441 Å². The Morgan fingerprint density at radius 1 is 0.216 bits per heavy atom. The van der Waals surface area contributed by atoms with Crippen LogP contribution in [0.25, 0.3) is 76.8 Å². The molecule has 10 aromatic carbocycles. The summed E-state index contributed by atoms with van der Waals surface area (Å²) in [5.41, 5.74) is 27.4. The van der Waals surface area contributed by atoms with Gasteiger partial charge in [0.2, 0.25) is 0 Å². The molecule has 0 aromatic heterocycles. The molecule has 0 atom stereocenters. The smallest absolute Gasteiger partial charge is 0.119 e. The lowest BCUT2D eigenvalue weighted by molar-refractivity contribution is 0.414. The molecular weight excluding hydrogens is 905 g/mol. The van der Waals surface area contributed by atoms with Gasteiger partial charge in [-0.2, -0.15) is 0 Å². The maximum Gasteiger partial charge on any atom is 0.119 e. The summed E-state index contributed by atoms with van der Waals surface area (Å²) in [6.07, 6.45) is 0. The average Bonchev–Trinajstić information content (AvgIpc) is 3.32. The maximum atomic E-state index is 5.74. The lowest BCUT2D eigenvalue weighted by atomic mass is 9.79. The molecule has 0 unspecified atom stereocenters. The van der Waals surface area contributed by atoms with Crippen molar-refractivity contribution in [1.29, 1.82) is 0 Å². The van der Waals surface area contributed by atoms with E-state index in [1.165, 1.54) is 155 Å². The fraction of sp³-hybridized carbons (Fsp3) is 0.257. The van der Waals surface area contributed by atoms with Gasteiger partial charge in [0, 0.05) is 0 Å². The number of hydrogen-bond donors (Lipinski definition) is 0. The molecule has 0 radical (unpaired) electrons. The van der Waals surface area contributed by atoms with E-state index < -0.39 is 0 Å². The monoisotopic (exact) mass is 979 g/mol. The van der Waals surface area contributed by atoms with Crippen LogP contribution in [0.15, 0.2) is 121 Å².